The topological polar surface area (TPSA) is 49.4 Å². The molecule has 3 unspecified atom stereocenters. The Balaban J connectivity index is 1.24. The average molecular weight is 388 g/mol. The number of rotatable bonds is 7. The summed E-state index contributed by atoms with van der Waals surface area (Å²) in [7, 11) is 0. The van der Waals surface area contributed by atoms with Gasteiger partial charge in [-0.15, -0.1) is 0 Å². The minimum atomic E-state index is -0.881. The van der Waals surface area contributed by atoms with Crippen LogP contribution in [0.2, 0.25) is 0 Å². The SMILES string of the molecule is Fc1ccc(OCCC2CC(C3CCCN3Cc3ccncc3)NN2)cc1F. The van der Waals surface area contributed by atoms with Gasteiger partial charge in [-0.05, 0) is 62.1 Å². The number of benzene rings is 1. The highest BCUT2D eigenvalue weighted by Crippen LogP contribution is 2.26. The van der Waals surface area contributed by atoms with Crippen LogP contribution in [-0.4, -0.2) is 41.2 Å². The van der Waals surface area contributed by atoms with Crippen LogP contribution in [0.5, 0.6) is 5.75 Å². The van der Waals surface area contributed by atoms with Gasteiger partial charge >= 0.3 is 0 Å². The lowest BCUT2D eigenvalue weighted by Gasteiger charge is -2.29. The van der Waals surface area contributed by atoms with Crippen molar-refractivity contribution >= 4 is 0 Å². The van der Waals surface area contributed by atoms with Gasteiger partial charge in [0.25, 0.3) is 0 Å². The van der Waals surface area contributed by atoms with E-state index in [9.17, 15) is 8.78 Å². The lowest BCUT2D eigenvalue weighted by atomic mass is 9.99. The van der Waals surface area contributed by atoms with Crippen molar-refractivity contribution in [2.75, 3.05) is 13.2 Å². The highest BCUT2D eigenvalue weighted by Gasteiger charge is 2.36. The zero-order valence-electron chi connectivity index (χ0n) is 15.8. The maximum atomic E-state index is 13.2. The Morgan fingerprint density at radius 1 is 1.11 bits per heavy atom. The molecule has 0 saturated carbocycles. The summed E-state index contributed by atoms with van der Waals surface area (Å²) in [6, 6.07) is 9.01. The molecular formula is C21H26F2N4O. The van der Waals surface area contributed by atoms with Gasteiger partial charge in [0.05, 0.1) is 6.61 Å². The monoisotopic (exact) mass is 388 g/mol. The van der Waals surface area contributed by atoms with E-state index in [2.05, 4.69) is 32.9 Å². The number of nitrogens with zero attached hydrogens (tertiary/aromatic N) is 2. The standard InChI is InChI=1S/C21H26F2N4O/c22-18-4-3-17(13-19(18)23)28-11-7-16-12-20(26-25-16)21-2-1-10-27(21)14-15-5-8-24-9-6-15/h3-6,8-9,13,16,20-21,25-26H,1-2,7,10-12,14H2. The quantitative estimate of drug-likeness (QED) is 0.764. The summed E-state index contributed by atoms with van der Waals surface area (Å²) >= 11 is 0. The molecule has 0 aliphatic carbocycles. The van der Waals surface area contributed by atoms with Crippen LogP contribution in [0.15, 0.2) is 42.7 Å². The van der Waals surface area contributed by atoms with Gasteiger partial charge < -0.3 is 4.74 Å². The lowest BCUT2D eigenvalue weighted by molar-refractivity contribution is 0.203. The molecule has 5 nitrogen and oxygen atoms in total. The van der Waals surface area contributed by atoms with E-state index in [1.54, 1.807) is 0 Å². The predicted octanol–water partition coefficient (Wildman–Crippen LogP) is 3.03. The molecule has 2 aliphatic heterocycles. The fourth-order valence-electron chi connectivity index (χ4n) is 4.20. The molecule has 150 valence electrons. The summed E-state index contributed by atoms with van der Waals surface area (Å²) in [6.07, 6.45) is 7.94. The van der Waals surface area contributed by atoms with Gasteiger partial charge in [-0.25, -0.2) is 8.78 Å². The second kappa shape index (κ2) is 8.94. The smallest absolute Gasteiger partial charge is 0.162 e. The van der Waals surface area contributed by atoms with Gasteiger partial charge in [0.1, 0.15) is 5.75 Å². The van der Waals surface area contributed by atoms with Gasteiger partial charge in [-0.2, -0.15) is 0 Å². The molecule has 2 aliphatic rings. The van der Waals surface area contributed by atoms with E-state index in [4.69, 9.17) is 4.74 Å². The van der Waals surface area contributed by atoms with Crippen LogP contribution in [0, 0.1) is 11.6 Å². The van der Waals surface area contributed by atoms with Crippen molar-refractivity contribution in [3.8, 4) is 5.75 Å². The Morgan fingerprint density at radius 2 is 1.96 bits per heavy atom. The van der Waals surface area contributed by atoms with Crippen molar-refractivity contribution < 1.29 is 13.5 Å². The lowest BCUT2D eigenvalue weighted by Crippen LogP contribution is -2.45. The summed E-state index contributed by atoms with van der Waals surface area (Å²) in [5.74, 6) is -1.38. The Kier molecular flexibility index (Phi) is 6.14. The number of halogens is 2. The Labute approximate surface area is 164 Å². The number of nitrogens with one attached hydrogen (secondary N) is 2. The van der Waals surface area contributed by atoms with Crippen molar-refractivity contribution in [1.29, 1.82) is 0 Å². The Bertz CT molecular complexity index is 776. The van der Waals surface area contributed by atoms with Crippen LogP contribution in [-0.2, 0) is 6.54 Å². The molecule has 3 atom stereocenters. The zero-order chi connectivity index (χ0) is 19.3. The molecule has 7 heteroatoms. The van der Waals surface area contributed by atoms with Gasteiger partial charge in [0.2, 0.25) is 0 Å². The molecule has 3 heterocycles. The molecule has 0 bridgehead atoms. The Morgan fingerprint density at radius 3 is 2.79 bits per heavy atom. The number of ether oxygens (including phenoxy) is 1. The van der Waals surface area contributed by atoms with Crippen LogP contribution in [0.4, 0.5) is 8.78 Å². The largest absolute Gasteiger partial charge is 0.493 e. The van der Waals surface area contributed by atoms with Crippen molar-refractivity contribution in [3.05, 3.63) is 59.9 Å². The summed E-state index contributed by atoms with van der Waals surface area (Å²) in [6.45, 7) is 2.53. The third kappa shape index (κ3) is 4.66. The summed E-state index contributed by atoms with van der Waals surface area (Å²) < 4.78 is 31.8. The first kappa shape index (κ1) is 19.2. The molecule has 1 aromatic heterocycles. The predicted molar refractivity (Wildman–Crippen MR) is 103 cm³/mol. The van der Waals surface area contributed by atoms with E-state index in [1.165, 1.54) is 24.5 Å². The minimum Gasteiger partial charge on any atom is -0.493 e. The second-order valence-corrected chi connectivity index (χ2v) is 7.58. The van der Waals surface area contributed by atoms with Crippen molar-refractivity contribution in [3.63, 3.8) is 0 Å². The van der Waals surface area contributed by atoms with E-state index >= 15 is 0 Å². The first-order chi connectivity index (χ1) is 13.7. The maximum Gasteiger partial charge on any atom is 0.162 e. The van der Waals surface area contributed by atoms with Gasteiger partial charge in [-0.1, -0.05) is 0 Å². The van der Waals surface area contributed by atoms with Crippen LogP contribution >= 0.6 is 0 Å². The minimum absolute atomic E-state index is 0.304. The number of hydrogen-bond donors (Lipinski definition) is 2. The zero-order valence-corrected chi connectivity index (χ0v) is 15.8. The molecule has 1 aromatic carbocycles. The van der Waals surface area contributed by atoms with E-state index < -0.39 is 11.6 Å². The van der Waals surface area contributed by atoms with Gasteiger partial charge in [0.15, 0.2) is 11.6 Å². The molecule has 0 amide bonds. The molecule has 2 fully saturated rings. The van der Waals surface area contributed by atoms with E-state index in [0.717, 1.165) is 38.1 Å². The third-order valence-electron chi connectivity index (χ3n) is 5.65. The molecule has 0 radical (unpaired) electrons. The van der Waals surface area contributed by atoms with Crippen LogP contribution in [0.3, 0.4) is 0 Å². The van der Waals surface area contributed by atoms with Crippen molar-refractivity contribution in [1.82, 2.24) is 20.7 Å². The number of hydrogen-bond acceptors (Lipinski definition) is 5. The van der Waals surface area contributed by atoms with E-state index in [-0.39, 0.29) is 0 Å². The molecule has 2 aromatic rings. The van der Waals surface area contributed by atoms with Gasteiger partial charge in [-0.3, -0.25) is 20.7 Å². The first-order valence-corrected chi connectivity index (χ1v) is 9.91. The maximum absolute atomic E-state index is 13.2. The first-order valence-electron chi connectivity index (χ1n) is 9.91. The van der Waals surface area contributed by atoms with Crippen LogP contribution < -0.4 is 15.6 Å². The molecule has 2 N–H and O–H groups in total. The van der Waals surface area contributed by atoms with Crippen molar-refractivity contribution in [2.24, 2.45) is 0 Å². The highest BCUT2D eigenvalue weighted by molar-refractivity contribution is 5.23. The number of likely N-dealkylation sites (tertiary alicyclic amines) is 1. The molecular weight excluding hydrogens is 362 g/mol. The molecule has 0 spiro atoms. The fourth-order valence-corrected chi connectivity index (χ4v) is 4.20. The fraction of sp³-hybridized carbons (Fsp3) is 0.476. The number of aromatic nitrogens is 1. The summed E-state index contributed by atoms with van der Waals surface area (Å²) in [5.41, 5.74) is 8.13. The number of pyridine rings is 1. The second-order valence-electron chi connectivity index (χ2n) is 7.58. The molecule has 2 saturated heterocycles. The van der Waals surface area contributed by atoms with E-state index in [0.29, 0.717) is 30.5 Å². The highest BCUT2D eigenvalue weighted by atomic mass is 19.2. The average Bonchev–Trinajstić information content (AvgIpc) is 3.35. The molecule has 28 heavy (non-hydrogen) atoms. The molecule has 4 rings (SSSR count). The van der Waals surface area contributed by atoms with E-state index in [1.807, 2.05) is 12.4 Å². The summed E-state index contributed by atoms with van der Waals surface area (Å²) in [5, 5.41) is 0. The summed E-state index contributed by atoms with van der Waals surface area (Å²) in [4.78, 5) is 6.64. The van der Waals surface area contributed by atoms with Crippen LogP contribution in [0.1, 0.15) is 31.2 Å². The number of hydrazine groups is 1. The van der Waals surface area contributed by atoms with Crippen molar-refractivity contribution in [2.45, 2.75) is 50.4 Å². The Hall–Kier alpha value is -2.09. The third-order valence-corrected chi connectivity index (χ3v) is 5.65. The normalized spacial score (nSPS) is 25.3. The van der Waals surface area contributed by atoms with Crippen LogP contribution in [0.25, 0.3) is 0 Å². The van der Waals surface area contributed by atoms with Gasteiger partial charge in [0, 0.05) is 43.1 Å².